The lowest BCUT2D eigenvalue weighted by Crippen LogP contribution is -2.33. The summed E-state index contributed by atoms with van der Waals surface area (Å²) in [5.74, 6) is -0.538. The number of hydrogen-bond donors (Lipinski definition) is 0. The molecule has 0 aromatic heterocycles. The molecule has 0 N–H and O–H groups in total. The van der Waals surface area contributed by atoms with Gasteiger partial charge in [-0.25, -0.2) is 13.8 Å². The third-order valence-electron chi connectivity index (χ3n) is 3.34. The highest BCUT2D eigenvalue weighted by Gasteiger charge is 2.55. The largest absolute Gasteiger partial charge is 0.277 e. The van der Waals surface area contributed by atoms with Crippen molar-refractivity contribution in [2.75, 3.05) is 0 Å². The number of carbonyl (C=O) groups excluding carboxylic acids is 1. The van der Waals surface area contributed by atoms with Crippen molar-refractivity contribution >= 4 is 11.6 Å². The first kappa shape index (κ1) is 9.63. The fourth-order valence-electron chi connectivity index (χ4n) is 2.41. The highest BCUT2D eigenvalue weighted by atomic mass is 19.3. The third kappa shape index (κ3) is 1.10. The fraction of sp³-hybridized carbons (Fsp3) is 0.333. The topological polar surface area (TPSA) is 29.4 Å². The van der Waals surface area contributed by atoms with E-state index in [1.165, 1.54) is 0 Å². The number of carbonyl (C=O) groups is 1. The van der Waals surface area contributed by atoms with E-state index in [1.54, 1.807) is 24.3 Å². The van der Waals surface area contributed by atoms with Crippen molar-refractivity contribution in [1.82, 2.24) is 0 Å². The van der Waals surface area contributed by atoms with E-state index in [9.17, 15) is 13.6 Å². The Hall–Kier alpha value is -1.58. The first-order chi connectivity index (χ1) is 7.65. The Balaban J connectivity index is 2.21. The van der Waals surface area contributed by atoms with Gasteiger partial charge in [-0.05, 0) is 24.5 Å². The molecule has 1 fully saturated rings. The van der Waals surface area contributed by atoms with Crippen LogP contribution in [0.15, 0.2) is 29.3 Å². The summed E-state index contributed by atoms with van der Waals surface area (Å²) in [4.78, 5) is 15.2. The Morgan fingerprint density at radius 3 is 2.56 bits per heavy atom. The maximum absolute atomic E-state index is 12.8. The molecule has 2 aliphatic rings. The van der Waals surface area contributed by atoms with Gasteiger partial charge in [-0.1, -0.05) is 18.2 Å². The van der Waals surface area contributed by atoms with E-state index >= 15 is 0 Å². The summed E-state index contributed by atoms with van der Waals surface area (Å²) in [5.41, 5.74) is 0.324. The molecule has 3 rings (SSSR count). The normalized spacial score (nSPS) is 20.9. The second-order valence-electron chi connectivity index (χ2n) is 4.23. The Kier molecular flexibility index (Phi) is 1.79. The van der Waals surface area contributed by atoms with Gasteiger partial charge in [0.15, 0.2) is 0 Å². The fourth-order valence-corrected chi connectivity index (χ4v) is 2.41. The standard InChI is InChI=1S/C12H9F2NO/c13-10(14)9-12(5-6-12)8-4-2-1-3-7(8)11(16)15-9/h1-4,10H,5-6H2. The average Bonchev–Trinajstić information content (AvgIpc) is 3.05. The molecular weight excluding hydrogens is 212 g/mol. The highest BCUT2D eigenvalue weighted by molar-refractivity contribution is 6.15. The summed E-state index contributed by atoms with van der Waals surface area (Å²) in [6, 6.07) is 6.93. The lowest BCUT2D eigenvalue weighted by molar-refractivity contribution is 0.0993. The van der Waals surface area contributed by atoms with E-state index in [1.807, 2.05) is 0 Å². The Morgan fingerprint density at radius 1 is 1.25 bits per heavy atom. The molecule has 0 atom stereocenters. The van der Waals surface area contributed by atoms with Crippen molar-refractivity contribution < 1.29 is 13.6 Å². The molecule has 16 heavy (non-hydrogen) atoms. The Bertz CT molecular complexity index is 503. The molecule has 1 amide bonds. The molecule has 1 aliphatic heterocycles. The first-order valence-corrected chi connectivity index (χ1v) is 5.16. The lowest BCUT2D eigenvalue weighted by atomic mass is 9.84. The predicted molar refractivity (Wildman–Crippen MR) is 55.1 cm³/mol. The van der Waals surface area contributed by atoms with Gasteiger partial charge in [0.1, 0.15) is 0 Å². The van der Waals surface area contributed by atoms with E-state index in [0.29, 0.717) is 18.4 Å². The summed E-state index contributed by atoms with van der Waals surface area (Å²) in [5, 5.41) is 0. The minimum Gasteiger partial charge on any atom is -0.267 e. The molecule has 0 bridgehead atoms. The zero-order chi connectivity index (χ0) is 11.3. The molecule has 2 nitrogen and oxygen atoms in total. The minimum absolute atomic E-state index is 0.240. The van der Waals surface area contributed by atoms with Gasteiger partial charge in [-0.3, -0.25) is 4.79 Å². The number of halogens is 2. The number of hydrogen-bond acceptors (Lipinski definition) is 1. The highest BCUT2D eigenvalue weighted by Crippen LogP contribution is 2.53. The van der Waals surface area contributed by atoms with Crippen LogP contribution in [0, 0.1) is 0 Å². The van der Waals surface area contributed by atoms with Crippen LogP contribution in [0.1, 0.15) is 28.8 Å². The molecule has 0 saturated heterocycles. The van der Waals surface area contributed by atoms with Crippen LogP contribution in [0.3, 0.4) is 0 Å². The van der Waals surface area contributed by atoms with E-state index < -0.39 is 17.7 Å². The second kappa shape index (κ2) is 2.97. The van der Waals surface area contributed by atoms with Gasteiger partial charge in [0.25, 0.3) is 12.3 Å². The summed E-state index contributed by atoms with van der Waals surface area (Å²) < 4.78 is 25.7. The van der Waals surface area contributed by atoms with E-state index in [0.717, 1.165) is 5.56 Å². The molecule has 82 valence electrons. The van der Waals surface area contributed by atoms with Crippen LogP contribution in [-0.4, -0.2) is 18.0 Å². The SMILES string of the molecule is O=C1N=C(C(F)F)C2(CC2)c2ccccc21. The molecule has 0 radical (unpaired) electrons. The van der Waals surface area contributed by atoms with Crippen LogP contribution in [0.4, 0.5) is 8.78 Å². The summed E-state index contributed by atoms with van der Waals surface area (Å²) in [7, 11) is 0. The van der Waals surface area contributed by atoms with Crippen molar-refractivity contribution in [1.29, 1.82) is 0 Å². The third-order valence-corrected chi connectivity index (χ3v) is 3.34. The quantitative estimate of drug-likeness (QED) is 0.716. The number of fused-ring (bicyclic) bond motifs is 2. The van der Waals surface area contributed by atoms with Crippen molar-refractivity contribution in [3.63, 3.8) is 0 Å². The van der Waals surface area contributed by atoms with Crippen molar-refractivity contribution in [3.05, 3.63) is 35.4 Å². The molecule has 1 aromatic carbocycles. The molecule has 1 heterocycles. The molecule has 1 aliphatic carbocycles. The van der Waals surface area contributed by atoms with Crippen LogP contribution < -0.4 is 0 Å². The molecular formula is C12H9F2NO. The minimum atomic E-state index is -2.64. The summed E-state index contributed by atoms with van der Waals surface area (Å²) in [6.07, 6.45) is -1.30. The predicted octanol–water partition coefficient (Wildman–Crippen LogP) is 2.58. The van der Waals surface area contributed by atoms with Crippen LogP contribution >= 0.6 is 0 Å². The van der Waals surface area contributed by atoms with Crippen molar-refractivity contribution in [2.45, 2.75) is 24.7 Å². The smallest absolute Gasteiger partial charge is 0.267 e. The number of aliphatic imine (C=N–C) groups is 1. The van der Waals surface area contributed by atoms with Gasteiger partial charge < -0.3 is 0 Å². The van der Waals surface area contributed by atoms with Crippen LogP contribution in [-0.2, 0) is 5.41 Å². The summed E-state index contributed by atoms with van der Waals surface area (Å²) in [6.45, 7) is 0. The summed E-state index contributed by atoms with van der Waals surface area (Å²) >= 11 is 0. The van der Waals surface area contributed by atoms with Gasteiger partial charge >= 0.3 is 0 Å². The van der Waals surface area contributed by atoms with Crippen molar-refractivity contribution in [3.8, 4) is 0 Å². The number of alkyl halides is 2. The average molecular weight is 221 g/mol. The zero-order valence-corrected chi connectivity index (χ0v) is 8.41. The Morgan fingerprint density at radius 2 is 1.94 bits per heavy atom. The number of nitrogens with zero attached hydrogens (tertiary/aromatic N) is 1. The van der Waals surface area contributed by atoms with E-state index in [2.05, 4.69) is 4.99 Å². The molecule has 0 unspecified atom stereocenters. The number of amides is 1. The van der Waals surface area contributed by atoms with Gasteiger partial charge in [0.05, 0.1) is 5.71 Å². The maximum atomic E-state index is 12.8. The maximum Gasteiger partial charge on any atom is 0.277 e. The van der Waals surface area contributed by atoms with Gasteiger partial charge in [-0.2, -0.15) is 0 Å². The van der Waals surface area contributed by atoms with Gasteiger partial charge in [0.2, 0.25) is 0 Å². The molecule has 1 aromatic rings. The van der Waals surface area contributed by atoms with Gasteiger partial charge in [0, 0.05) is 11.0 Å². The first-order valence-electron chi connectivity index (χ1n) is 5.16. The van der Waals surface area contributed by atoms with E-state index in [4.69, 9.17) is 0 Å². The second-order valence-corrected chi connectivity index (χ2v) is 4.23. The molecule has 4 heteroatoms. The zero-order valence-electron chi connectivity index (χ0n) is 8.41. The lowest BCUT2D eigenvalue weighted by Gasteiger charge is -2.24. The monoisotopic (exact) mass is 221 g/mol. The van der Waals surface area contributed by atoms with E-state index in [-0.39, 0.29) is 5.71 Å². The number of benzene rings is 1. The van der Waals surface area contributed by atoms with Crippen LogP contribution in [0.2, 0.25) is 0 Å². The Labute approximate surface area is 91.0 Å². The molecule has 1 saturated carbocycles. The molecule has 1 spiro atoms. The number of rotatable bonds is 1. The van der Waals surface area contributed by atoms with Crippen LogP contribution in [0.5, 0.6) is 0 Å². The van der Waals surface area contributed by atoms with Crippen molar-refractivity contribution in [2.24, 2.45) is 4.99 Å². The van der Waals surface area contributed by atoms with Gasteiger partial charge in [-0.15, -0.1) is 0 Å². The van der Waals surface area contributed by atoms with Crippen LogP contribution in [0.25, 0.3) is 0 Å².